The maximum absolute atomic E-state index is 11.1. The fourth-order valence-electron chi connectivity index (χ4n) is 1.43. The van der Waals surface area contributed by atoms with Crippen LogP contribution in [0.1, 0.15) is 12.0 Å². The molecule has 0 saturated heterocycles. The summed E-state index contributed by atoms with van der Waals surface area (Å²) in [5.41, 5.74) is 0.811. The third-order valence-electron chi connectivity index (χ3n) is 2.19. The highest BCUT2D eigenvalue weighted by Gasteiger charge is 2.22. The van der Waals surface area contributed by atoms with Gasteiger partial charge in [0.25, 0.3) is 5.91 Å². The molecule has 1 atom stereocenters. The van der Waals surface area contributed by atoms with E-state index in [4.69, 9.17) is 5.11 Å². The summed E-state index contributed by atoms with van der Waals surface area (Å²) in [5, 5.41) is 10.9. The normalized spacial score (nSPS) is 11.8. The number of rotatable bonds is 5. The van der Waals surface area contributed by atoms with Gasteiger partial charge in [-0.1, -0.05) is 30.3 Å². The molecule has 0 bridgehead atoms. The zero-order chi connectivity index (χ0) is 12.0. The van der Waals surface area contributed by atoms with Gasteiger partial charge in [-0.05, 0) is 12.0 Å². The molecule has 0 aliphatic carbocycles. The molecule has 1 aromatic carbocycles. The molecule has 1 N–H and O–H groups in total. The Hall–Kier alpha value is -2.04. The SMILES string of the molecule is O=NC(=O)C(CC(=O)O)Cc1ccccc1. The third-order valence-corrected chi connectivity index (χ3v) is 2.19. The molecular formula is C11H11NO4. The molecule has 84 valence electrons. The summed E-state index contributed by atoms with van der Waals surface area (Å²) in [4.78, 5) is 31.8. The van der Waals surface area contributed by atoms with Crippen molar-refractivity contribution < 1.29 is 14.7 Å². The van der Waals surface area contributed by atoms with Crippen molar-refractivity contribution in [2.75, 3.05) is 0 Å². The van der Waals surface area contributed by atoms with Gasteiger partial charge in [-0.2, -0.15) is 0 Å². The zero-order valence-corrected chi connectivity index (χ0v) is 8.50. The van der Waals surface area contributed by atoms with Gasteiger partial charge in [-0.15, -0.1) is 4.91 Å². The molecule has 0 aromatic heterocycles. The summed E-state index contributed by atoms with van der Waals surface area (Å²) in [5.74, 6) is -2.90. The van der Waals surface area contributed by atoms with Crippen LogP contribution >= 0.6 is 0 Å². The first kappa shape index (κ1) is 12.0. The van der Waals surface area contributed by atoms with Gasteiger partial charge < -0.3 is 5.11 Å². The second-order valence-corrected chi connectivity index (χ2v) is 3.41. The van der Waals surface area contributed by atoms with Crippen LogP contribution < -0.4 is 0 Å². The average molecular weight is 221 g/mol. The van der Waals surface area contributed by atoms with Crippen LogP contribution in [0, 0.1) is 10.8 Å². The van der Waals surface area contributed by atoms with E-state index in [1.807, 2.05) is 6.07 Å². The van der Waals surface area contributed by atoms with Crippen LogP contribution in [-0.4, -0.2) is 17.0 Å². The fraction of sp³-hybridized carbons (Fsp3) is 0.273. The molecule has 16 heavy (non-hydrogen) atoms. The van der Waals surface area contributed by atoms with Crippen molar-refractivity contribution in [3.8, 4) is 0 Å². The lowest BCUT2D eigenvalue weighted by molar-refractivity contribution is -0.140. The van der Waals surface area contributed by atoms with Crippen LogP contribution in [0.15, 0.2) is 35.5 Å². The smallest absolute Gasteiger partial charge is 0.304 e. The molecule has 0 aliphatic rings. The fourth-order valence-corrected chi connectivity index (χ4v) is 1.43. The van der Waals surface area contributed by atoms with Crippen molar-refractivity contribution in [1.82, 2.24) is 0 Å². The molecule has 0 heterocycles. The first-order valence-corrected chi connectivity index (χ1v) is 4.76. The van der Waals surface area contributed by atoms with E-state index >= 15 is 0 Å². The highest BCUT2D eigenvalue weighted by molar-refractivity contribution is 5.83. The monoisotopic (exact) mass is 221 g/mol. The Kier molecular flexibility index (Phi) is 4.32. The van der Waals surface area contributed by atoms with Crippen LogP contribution in [0.2, 0.25) is 0 Å². The maximum atomic E-state index is 11.1. The van der Waals surface area contributed by atoms with Gasteiger partial charge in [0.15, 0.2) is 0 Å². The second kappa shape index (κ2) is 5.75. The van der Waals surface area contributed by atoms with Crippen LogP contribution in [-0.2, 0) is 16.0 Å². The Morgan fingerprint density at radius 2 is 1.88 bits per heavy atom. The van der Waals surface area contributed by atoms with Gasteiger partial charge in [0, 0.05) is 5.18 Å². The van der Waals surface area contributed by atoms with Gasteiger partial charge in [-0.3, -0.25) is 9.59 Å². The lowest BCUT2D eigenvalue weighted by atomic mass is 9.96. The van der Waals surface area contributed by atoms with Crippen molar-refractivity contribution >= 4 is 11.9 Å². The lowest BCUT2D eigenvalue weighted by Gasteiger charge is -2.08. The van der Waals surface area contributed by atoms with Gasteiger partial charge in [-0.25, -0.2) is 0 Å². The number of carboxylic acid groups (broad SMARTS) is 1. The molecule has 0 fully saturated rings. The summed E-state index contributed by atoms with van der Waals surface area (Å²) in [6.45, 7) is 0. The van der Waals surface area contributed by atoms with E-state index in [1.54, 1.807) is 24.3 Å². The van der Waals surface area contributed by atoms with Crippen LogP contribution in [0.5, 0.6) is 0 Å². The number of aliphatic carboxylic acids is 1. The number of carbonyl (C=O) groups is 2. The summed E-state index contributed by atoms with van der Waals surface area (Å²) in [6.07, 6.45) is -0.156. The largest absolute Gasteiger partial charge is 0.481 e. The van der Waals surface area contributed by atoms with E-state index < -0.39 is 17.8 Å². The molecule has 0 saturated carbocycles. The molecular weight excluding hydrogens is 210 g/mol. The van der Waals surface area contributed by atoms with Crippen molar-refractivity contribution in [3.63, 3.8) is 0 Å². The van der Waals surface area contributed by atoms with Crippen LogP contribution in [0.25, 0.3) is 0 Å². The van der Waals surface area contributed by atoms with Gasteiger partial charge >= 0.3 is 5.97 Å². The first-order chi connectivity index (χ1) is 7.63. The number of amides is 1. The number of carboxylic acids is 1. The highest BCUT2D eigenvalue weighted by atomic mass is 16.4. The molecule has 1 rings (SSSR count). The topological polar surface area (TPSA) is 83.8 Å². The Labute approximate surface area is 92.1 Å². The van der Waals surface area contributed by atoms with E-state index in [0.29, 0.717) is 0 Å². The van der Waals surface area contributed by atoms with Crippen LogP contribution in [0.3, 0.4) is 0 Å². The van der Waals surface area contributed by atoms with Crippen molar-refractivity contribution in [3.05, 3.63) is 40.8 Å². The molecule has 5 nitrogen and oxygen atoms in total. The minimum Gasteiger partial charge on any atom is -0.481 e. The first-order valence-electron chi connectivity index (χ1n) is 4.76. The molecule has 0 radical (unpaired) electrons. The second-order valence-electron chi connectivity index (χ2n) is 3.41. The lowest BCUT2D eigenvalue weighted by Crippen LogP contribution is -2.18. The number of hydrogen-bond acceptors (Lipinski definition) is 3. The Morgan fingerprint density at radius 1 is 1.25 bits per heavy atom. The Balaban J connectivity index is 2.74. The Morgan fingerprint density at radius 3 is 2.38 bits per heavy atom. The van der Waals surface area contributed by atoms with E-state index in [-0.39, 0.29) is 12.8 Å². The molecule has 0 aliphatic heterocycles. The van der Waals surface area contributed by atoms with Crippen molar-refractivity contribution in [2.45, 2.75) is 12.8 Å². The van der Waals surface area contributed by atoms with Gasteiger partial charge in [0.1, 0.15) is 0 Å². The number of nitrogens with zero attached hydrogens (tertiary/aromatic N) is 1. The quantitative estimate of drug-likeness (QED) is 0.765. The summed E-state index contributed by atoms with van der Waals surface area (Å²) >= 11 is 0. The third kappa shape index (κ3) is 3.61. The van der Waals surface area contributed by atoms with E-state index in [2.05, 4.69) is 5.18 Å². The number of nitroso groups, excluding NO2 is 1. The predicted octanol–water partition coefficient (Wildman–Crippen LogP) is 1.61. The number of benzene rings is 1. The summed E-state index contributed by atoms with van der Waals surface area (Å²) < 4.78 is 0. The minimum absolute atomic E-state index is 0.220. The molecule has 1 unspecified atom stereocenters. The Bertz CT molecular complexity index is 388. The molecule has 0 spiro atoms. The van der Waals surface area contributed by atoms with Gasteiger partial charge in [0.2, 0.25) is 0 Å². The van der Waals surface area contributed by atoms with E-state index in [0.717, 1.165) is 5.56 Å². The highest BCUT2D eigenvalue weighted by Crippen LogP contribution is 2.14. The molecule has 5 heteroatoms. The number of carbonyl (C=O) groups excluding carboxylic acids is 1. The molecule has 1 aromatic rings. The van der Waals surface area contributed by atoms with E-state index in [1.165, 1.54) is 0 Å². The van der Waals surface area contributed by atoms with Crippen molar-refractivity contribution in [1.29, 1.82) is 0 Å². The van der Waals surface area contributed by atoms with Gasteiger partial charge in [0.05, 0.1) is 12.3 Å². The average Bonchev–Trinajstić information content (AvgIpc) is 2.28. The molecule has 1 amide bonds. The number of hydrogen-bond donors (Lipinski definition) is 1. The summed E-state index contributed by atoms with van der Waals surface area (Å²) in [7, 11) is 0. The van der Waals surface area contributed by atoms with E-state index in [9.17, 15) is 14.5 Å². The maximum Gasteiger partial charge on any atom is 0.304 e. The zero-order valence-electron chi connectivity index (χ0n) is 8.50. The van der Waals surface area contributed by atoms with Crippen LogP contribution in [0.4, 0.5) is 0 Å². The minimum atomic E-state index is -1.11. The summed E-state index contributed by atoms with van der Waals surface area (Å²) in [6, 6.07) is 8.92. The van der Waals surface area contributed by atoms with Crippen molar-refractivity contribution in [2.24, 2.45) is 11.1 Å². The standard InChI is InChI=1S/C11H11NO4/c13-10(14)7-9(11(15)12-16)6-8-4-2-1-3-5-8/h1-5,9H,6-7H2,(H,13,14). The predicted molar refractivity (Wildman–Crippen MR) is 56.7 cm³/mol.